The second-order valence-corrected chi connectivity index (χ2v) is 4.45. The van der Waals surface area contributed by atoms with Crippen LogP contribution in [0.4, 0.5) is 5.69 Å². The molecule has 2 aromatic rings. The third kappa shape index (κ3) is 3.49. The van der Waals surface area contributed by atoms with Crippen molar-refractivity contribution in [1.29, 1.82) is 0 Å². The molecule has 0 saturated carbocycles. The summed E-state index contributed by atoms with van der Waals surface area (Å²) in [5.74, 6) is 0. The molecule has 17 heavy (non-hydrogen) atoms. The second kappa shape index (κ2) is 5.73. The third-order valence-electron chi connectivity index (χ3n) is 2.65. The molecule has 0 amide bonds. The summed E-state index contributed by atoms with van der Waals surface area (Å²) < 4.78 is 2.07. The van der Waals surface area contributed by atoms with Crippen LogP contribution in [0.15, 0.2) is 36.9 Å². The molecule has 0 radical (unpaired) electrons. The zero-order valence-electron chi connectivity index (χ0n) is 9.86. The largest absolute Gasteiger partial charge is 0.385 e. The lowest BCUT2D eigenvalue weighted by Crippen LogP contribution is -2.05. The van der Waals surface area contributed by atoms with Gasteiger partial charge in [-0.05, 0) is 31.0 Å². The standard InChI is InChI=1S/C13H16ClN3/c1-11-3-4-12(9-13(11)14)16-5-2-7-17-8-6-15-10-17/h3-4,6,8-10,16H,2,5,7H2,1H3. The smallest absolute Gasteiger partial charge is 0.0945 e. The summed E-state index contributed by atoms with van der Waals surface area (Å²) in [6.07, 6.45) is 6.67. The van der Waals surface area contributed by atoms with Gasteiger partial charge in [-0.2, -0.15) is 0 Å². The monoisotopic (exact) mass is 249 g/mol. The fourth-order valence-electron chi connectivity index (χ4n) is 1.62. The molecule has 1 aromatic heterocycles. The van der Waals surface area contributed by atoms with Crippen LogP contribution in [0.3, 0.4) is 0 Å². The van der Waals surface area contributed by atoms with E-state index < -0.39 is 0 Å². The maximum Gasteiger partial charge on any atom is 0.0945 e. The quantitative estimate of drug-likeness (QED) is 0.824. The highest BCUT2D eigenvalue weighted by atomic mass is 35.5. The molecule has 4 heteroatoms. The highest BCUT2D eigenvalue weighted by molar-refractivity contribution is 6.31. The van der Waals surface area contributed by atoms with Gasteiger partial charge in [0.25, 0.3) is 0 Å². The molecular weight excluding hydrogens is 234 g/mol. The SMILES string of the molecule is Cc1ccc(NCCCn2ccnc2)cc1Cl. The Labute approximate surface area is 106 Å². The summed E-state index contributed by atoms with van der Waals surface area (Å²) in [4.78, 5) is 4.01. The van der Waals surface area contributed by atoms with Crippen LogP contribution in [-0.2, 0) is 6.54 Å². The topological polar surface area (TPSA) is 29.9 Å². The van der Waals surface area contributed by atoms with E-state index in [0.717, 1.165) is 35.8 Å². The molecule has 0 bridgehead atoms. The Hall–Kier alpha value is -1.48. The molecule has 1 N–H and O–H groups in total. The predicted molar refractivity (Wildman–Crippen MR) is 71.5 cm³/mol. The maximum atomic E-state index is 6.06. The zero-order chi connectivity index (χ0) is 12.1. The van der Waals surface area contributed by atoms with E-state index in [2.05, 4.69) is 20.9 Å². The van der Waals surface area contributed by atoms with Gasteiger partial charge in [-0.3, -0.25) is 0 Å². The van der Waals surface area contributed by atoms with E-state index in [-0.39, 0.29) is 0 Å². The van der Waals surface area contributed by atoms with E-state index in [1.165, 1.54) is 0 Å². The van der Waals surface area contributed by atoms with E-state index in [9.17, 15) is 0 Å². The Balaban J connectivity index is 1.76. The summed E-state index contributed by atoms with van der Waals surface area (Å²) in [5.41, 5.74) is 2.18. The summed E-state index contributed by atoms with van der Waals surface area (Å²) in [7, 11) is 0. The van der Waals surface area contributed by atoms with E-state index in [1.807, 2.05) is 31.6 Å². The number of nitrogens with one attached hydrogen (secondary N) is 1. The van der Waals surface area contributed by atoms with Crippen molar-refractivity contribution in [3.63, 3.8) is 0 Å². The van der Waals surface area contributed by atoms with Crippen molar-refractivity contribution in [2.24, 2.45) is 0 Å². The van der Waals surface area contributed by atoms with Gasteiger partial charge in [0, 0.05) is 36.2 Å². The highest BCUT2D eigenvalue weighted by Gasteiger charge is 1.97. The first kappa shape index (κ1) is 12.0. The van der Waals surface area contributed by atoms with E-state index >= 15 is 0 Å². The molecule has 0 aliphatic rings. The summed E-state index contributed by atoms with van der Waals surface area (Å²) in [5, 5.41) is 4.17. The first-order valence-corrected chi connectivity index (χ1v) is 6.09. The number of imidazole rings is 1. The van der Waals surface area contributed by atoms with Gasteiger partial charge in [0.05, 0.1) is 6.33 Å². The van der Waals surface area contributed by atoms with Crippen LogP contribution < -0.4 is 5.32 Å². The van der Waals surface area contributed by atoms with Crippen molar-refractivity contribution in [3.05, 3.63) is 47.5 Å². The molecule has 0 fully saturated rings. The third-order valence-corrected chi connectivity index (χ3v) is 3.06. The van der Waals surface area contributed by atoms with Crippen LogP contribution in [0.2, 0.25) is 5.02 Å². The molecule has 2 rings (SSSR count). The van der Waals surface area contributed by atoms with Gasteiger partial charge in [-0.25, -0.2) is 4.98 Å². The van der Waals surface area contributed by atoms with Crippen molar-refractivity contribution < 1.29 is 0 Å². The summed E-state index contributed by atoms with van der Waals surface area (Å²) in [6, 6.07) is 6.05. The Kier molecular flexibility index (Phi) is 4.04. The average molecular weight is 250 g/mol. The van der Waals surface area contributed by atoms with E-state index in [0.29, 0.717) is 0 Å². The number of aryl methyl sites for hydroxylation is 2. The number of benzene rings is 1. The molecule has 0 atom stereocenters. The molecule has 0 spiro atoms. The van der Waals surface area contributed by atoms with Gasteiger partial charge in [0.1, 0.15) is 0 Å². The minimum Gasteiger partial charge on any atom is -0.385 e. The Morgan fingerprint density at radius 2 is 2.29 bits per heavy atom. The van der Waals surface area contributed by atoms with Crippen molar-refractivity contribution in [3.8, 4) is 0 Å². The van der Waals surface area contributed by atoms with Gasteiger partial charge in [-0.1, -0.05) is 17.7 Å². The zero-order valence-corrected chi connectivity index (χ0v) is 10.6. The van der Waals surface area contributed by atoms with Gasteiger partial charge >= 0.3 is 0 Å². The molecule has 0 saturated heterocycles. The average Bonchev–Trinajstić information content (AvgIpc) is 2.82. The molecule has 0 aliphatic heterocycles. The number of nitrogens with zero attached hydrogens (tertiary/aromatic N) is 2. The first-order valence-electron chi connectivity index (χ1n) is 5.71. The fraction of sp³-hybridized carbons (Fsp3) is 0.308. The van der Waals surface area contributed by atoms with Crippen LogP contribution in [0.5, 0.6) is 0 Å². The lowest BCUT2D eigenvalue weighted by molar-refractivity contribution is 0.661. The van der Waals surface area contributed by atoms with E-state index in [1.54, 1.807) is 6.20 Å². The Morgan fingerprint density at radius 1 is 1.41 bits per heavy atom. The Morgan fingerprint density at radius 3 is 3.00 bits per heavy atom. The lowest BCUT2D eigenvalue weighted by Gasteiger charge is -2.08. The maximum absolute atomic E-state index is 6.06. The summed E-state index contributed by atoms with van der Waals surface area (Å²) in [6.45, 7) is 3.91. The van der Waals surface area contributed by atoms with Crippen molar-refractivity contribution in [2.45, 2.75) is 19.9 Å². The lowest BCUT2D eigenvalue weighted by atomic mass is 10.2. The van der Waals surface area contributed by atoms with E-state index in [4.69, 9.17) is 11.6 Å². The number of halogens is 1. The van der Waals surface area contributed by atoms with Gasteiger partial charge in [0.15, 0.2) is 0 Å². The van der Waals surface area contributed by atoms with Gasteiger partial charge < -0.3 is 9.88 Å². The normalized spacial score (nSPS) is 10.5. The molecule has 1 aromatic carbocycles. The minimum atomic E-state index is 0.810. The van der Waals surface area contributed by atoms with Crippen LogP contribution in [-0.4, -0.2) is 16.1 Å². The number of aromatic nitrogens is 2. The van der Waals surface area contributed by atoms with Crippen LogP contribution in [0.1, 0.15) is 12.0 Å². The van der Waals surface area contributed by atoms with Crippen LogP contribution >= 0.6 is 11.6 Å². The minimum absolute atomic E-state index is 0.810. The fourth-order valence-corrected chi connectivity index (χ4v) is 1.80. The molecule has 90 valence electrons. The number of hydrogen-bond donors (Lipinski definition) is 1. The predicted octanol–water partition coefficient (Wildman–Crippen LogP) is 3.35. The van der Waals surface area contributed by atoms with Crippen molar-refractivity contribution in [1.82, 2.24) is 9.55 Å². The second-order valence-electron chi connectivity index (χ2n) is 4.04. The van der Waals surface area contributed by atoms with Crippen molar-refractivity contribution >= 4 is 17.3 Å². The van der Waals surface area contributed by atoms with Gasteiger partial charge in [0.2, 0.25) is 0 Å². The van der Waals surface area contributed by atoms with Crippen LogP contribution in [0, 0.1) is 6.92 Å². The Bertz CT molecular complexity index is 466. The van der Waals surface area contributed by atoms with Crippen LogP contribution in [0.25, 0.3) is 0 Å². The molecule has 1 heterocycles. The number of hydrogen-bond acceptors (Lipinski definition) is 2. The first-order chi connectivity index (χ1) is 8.25. The molecule has 0 unspecified atom stereocenters. The van der Waals surface area contributed by atoms with Gasteiger partial charge in [-0.15, -0.1) is 0 Å². The number of rotatable bonds is 5. The molecule has 3 nitrogen and oxygen atoms in total. The van der Waals surface area contributed by atoms with Crippen molar-refractivity contribution in [2.75, 3.05) is 11.9 Å². The molecule has 0 aliphatic carbocycles. The number of anilines is 1. The summed E-state index contributed by atoms with van der Waals surface area (Å²) >= 11 is 6.06. The molecular formula is C13H16ClN3. The highest BCUT2D eigenvalue weighted by Crippen LogP contribution is 2.19.